The Kier molecular flexibility index (Phi) is 9.47. The van der Waals surface area contributed by atoms with E-state index in [1.165, 1.54) is 21.9 Å². The topological polar surface area (TPSA) is 90.7 Å². The summed E-state index contributed by atoms with van der Waals surface area (Å²) in [6.45, 7) is 6.15. The Labute approximate surface area is 219 Å². The van der Waals surface area contributed by atoms with Gasteiger partial charge in [-0.25, -0.2) is 4.98 Å². The van der Waals surface area contributed by atoms with E-state index in [9.17, 15) is 0 Å². The number of ether oxygens (including phenoxy) is 1. The Bertz CT molecular complexity index is 1310. The molecule has 0 fully saturated rings. The van der Waals surface area contributed by atoms with Gasteiger partial charge in [0.15, 0.2) is 0 Å². The smallest absolute Gasteiger partial charge is 0.319 e. The van der Waals surface area contributed by atoms with Crippen LogP contribution in [0.1, 0.15) is 62.2 Å². The van der Waals surface area contributed by atoms with Gasteiger partial charge >= 0.3 is 6.01 Å². The molecule has 0 atom stereocenters. The van der Waals surface area contributed by atoms with E-state index in [0.29, 0.717) is 19.0 Å². The van der Waals surface area contributed by atoms with E-state index in [2.05, 4.69) is 77.2 Å². The van der Waals surface area contributed by atoms with Gasteiger partial charge in [0.2, 0.25) is 0 Å². The Morgan fingerprint density at radius 3 is 2.62 bits per heavy atom. The van der Waals surface area contributed by atoms with Gasteiger partial charge in [-0.05, 0) is 61.8 Å². The van der Waals surface area contributed by atoms with Crippen LogP contribution < -0.4 is 9.64 Å². The highest BCUT2D eigenvalue weighted by Gasteiger charge is 2.19. The third-order valence-electron chi connectivity index (χ3n) is 6.68. The molecule has 0 spiro atoms. The maximum Gasteiger partial charge on any atom is 0.319 e. The number of H-pyrrole nitrogens is 1. The fourth-order valence-corrected chi connectivity index (χ4v) is 4.77. The molecule has 0 aliphatic carbocycles. The van der Waals surface area contributed by atoms with E-state index >= 15 is 0 Å². The number of imidazole rings is 1. The third-order valence-corrected chi connectivity index (χ3v) is 6.68. The minimum absolute atomic E-state index is 0.292. The van der Waals surface area contributed by atoms with E-state index in [1.54, 1.807) is 12.4 Å². The number of nitrogens with one attached hydrogen (secondary N) is 1. The van der Waals surface area contributed by atoms with Crippen molar-refractivity contribution in [1.29, 1.82) is 5.26 Å². The Hall–Kier alpha value is -3.92. The zero-order chi connectivity index (χ0) is 25.9. The second-order valence-corrected chi connectivity index (χ2v) is 9.12. The number of hydrogen-bond acceptors (Lipinski definition) is 6. The number of nitriles is 1. The van der Waals surface area contributed by atoms with Crippen LogP contribution in [0.2, 0.25) is 0 Å². The summed E-state index contributed by atoms with van der Waals surface area (Å²) in [4.78, 5) is 19.2. The first-order valence-corrected chi connectivity index (χ1v) is 13.3. The van der Waals surface area contributed by atoms with Crippen LogP contribution in [0.15, 0.2) is 54.9 Å². The summed E-state index contributed by atoms with van der Waals surface area (Å²) in [5, 5.41) is 11.7. The number of benzene rings is 2. The average molecular weight is 497 g/mol. The summed E-state index contributed by atoms with van der Waals surface area (Å²) in [6.07, 6.45) is 9.72. The van der Waals surface area contributed by atoms with Gasteiger partial charge in [-0.2, -0.15) is 15.2 Å². The highest BCUT2D eigenvalue weighted by Crippen LogP contribution is 2.28. The second kappa shape index (κ2) is 13.4. The molecule has 7 nitrogen and oxygen atoms in total. The molecule has 7 heteroatoms. The first kappa shape index (κ1) is 26.2. The van der Waals surface area contributed by atoms with Crippen LogP contribution in [0, 0.1) is 11.3 Å². The zero-order valence-electron chi connectivity index (χ0n) is 21.9. The second-order valence-electron chi connectivity index (χ2n) is 9.12. The van der Waals surface area contributed by atoms with Crippen molar-refractivity contribution < 1.29 is 4.74 Å². The number of aryl methyl sites for hydroxylation is 2. The molecular weight excluding hydrogens is 460 g/mol. The summed E-state index contributed by atoms with van der Waals surface area (Å²) in [5.41, 5.74) is 3.63. The number of unbranched alkanes of at least 4 members (excludes halogenated alkanes) is 2. The molecule has 4 aromatic rings. The van der Waals surface area contributed by atoms with Gasteiger partial charge in [-0.3, -0.25) is 0 Å². The number of hydrogen-bond donors (Lipinski definition) is 1. The predicted molar refractivity (Wildman–Crippen MR) is 148 cm³/mol. The van der Waals surface area contributed by atoms with E-state index in [0.717, 1.165) is 69.0 Å². The lowest BCUT2D eigenvalue weighted by molar-refractivity contribution is 0.271. The number of aromatic nitrogens is 4. The van der Waals surface area contributed by atoms with Gasteiger partial charge in [0.25, 0.3) is 0 Å². The van der Waals surface area contributed by atoms with E-state index in [1.807, 2.05) is 0 Å². The predicted octanol–water partition coefficient (Wildman–Crippen LogP) is 6.19. The Balaban J connectivity index is 1.52. The minimum atomic E-state index is 0.292. The molecule has 192 valence electrons. The Morgan fingerprint density at radius 2 is 1.84 bits per heavy atom. The van der Waals surface area contributed by atoms with E-state index in [4.69, 9.17) is 20.0 Å². The summed E-state index contributed by atoms with van der Waals surface area (Å²) >= 11 is 0. The fraction of sp³-hybridized carbons (Fsp3) is 0.400. The molecule has 2 aromatic heterocycles. The lowest BCUT2D eigenvalue weighted by Crippen LogP contribution is -2.27. The van der Waals surface area contributed by atoms with Crippen LogP contribution in [0.5, 0.6) is 6.01 Å². The van der Waals surface area contributed by atoms with Crippen molar-refractivity contribution in [3.8, 4) is 12.1 Å². The van der Waals surface area contributed by atoms with Crippen molar-refractivity contribution >= 4 is 16.6 Å². The molecule has 0 saturated heterocycles. The lowest BCUT2D eigenvalue weighted by Gasteiger charge is -2.26. The molecule has 0 radical (unpaired) electrons. The SMILES string of the molecule is CCc1nc(OCc2ncc[nH]2)nc(N(CC)CCCC#N)c1CCCCc1cccc2ccccc12. The maximum absolute atomic E-state index is 9.04. The largest absolute Gasteiger partial charge is 0.455 e. The van der Waals surface area contributed by atoms with Crippen LogP contribution in [0.3, 0.4) is 0 Å². The molecule has 0 saturated carbocycles. The fourth-order valence-electron chi connectivity index (χ4n) is 4.77. The van der Waals surface area contributed by atoms with Crippen molar-refractivity contribution in [1.82, 2.24) is 19.9 Å². The van der Waals surface area contributed by atoms with Gasteiger partial charge < -0.3 is 14.6 Å². The molecule has 1 N–H and O–H groups in total. The first-order valence-electron chi connectivity index (χ1n) is 13.3. The van der Waals surface area contributed by atoms with E-state index in [-0.39, 0.29) is 0 Å². The zero-order valence-corrected chi connectivity index (χ0v) is 21.9. The number of rotatable bonds is 14. The van der Waals surface area contributed by atoms with Crippen LogP contribution in [-0.2, 0) is 25.9 Å². The first-order chi connectivity index (χ1) is 18.2. The average Bonchev–Trinajstić information content (AvgIpc) is 3.46. The van der Waals surface area contributed by atoms with E-state index < -0.39 is 0 Å². The van der Waals surface area contributed by atoms with Crippen molar-refractivity contribution in [3.05, 3.63) is 77.5 Å². The quantitative estimate of drug-likeness (QED) is 0.209. The summed E-state index contributed by atoms with van der Waals surface area (Å²) < 4.78 is 5.94. The molecular formula is C30H36N6O. The lowest BCUT2D eigenvalue weighted by atomic mass is 9.98. The van der Waals surface area contributed by atoms with Crippen molar-refractivity contribution in [3.63, 3.8) is 0 Å². The monoisotopic (exact) mass is 496 g/mol. The highest BCUT2D eigenvalue weighted by molar-refractivity contribution is 5.85. The minimum Gasteiger partial charge on any atom is -0.455 e. The molecule has 4 rings (SSSR count). The van der Waals surface area contributed by atoms with Crippen molar-refractivity contribution in [2.24, 2.45) is 0 Å². The maximum atomic E-state index is 9.04. The van der Waals surface area contributed by atoms with Gasteiger partial charge in [-0.15, -0.1) is 0 Å². The Morgan fingerprint density at radius 1 is 1.00 bits per heavy atom. The van der Waals surface area contributed by atoms with Gasteiger partial charge in [0, 0.05) is 37.5 Å². The molecule has 0 bridgehead atoms. The number of fused-ring (bicyclic) bond motifs is 1. The van der Waals surface area contributed by atoms with Gasteiger partial charge in [-0.1, -0.05) is 49.4 Å². The third kappa shape index (κ3) is 6.85. The molecule has 2 heterocycles. The standard InChI is InChI=1S/C30H36N6O/c1-3-27-26(17-8-6-13-24-15-11-14-23-12-5-7-16-25(23)24)29(36(4-2)21-10-9-18-31)35-30(34-27)37-22-28-32-19-20-33-28/h5,7,11-12,14-16,19-20H,3-4,6,8-10,13,17,21-22H2,1-2H3,(H,32,33). The molecule has 2 aromatic carbocycles. The van der Waals surface area contributed by atoms with Gasteiger partial charge in [0.05, 0.1) is 11.8 Å². The normalized spacial score (nSPS) is 10.9. The van der Waals surface area contributed by atoms with Gasteiger partial charge in [0.1, 0.15) is 18.2 Å². The number of anilines is 1. The summed E-state index contributed by atoms with van der Waals surface area (Å²) in [7, 11) is 0. The molecule has 0 aliphatic rings. The van der Waals surface area contributed by atoms with Crippen LogP contribution in [0.4, 0.5) is 5.82 Å². The molecule has 0 aliphatic heterocycles. The van der Waals surface area contributed by atoms with Crippen molar-refractivity contribution in [2.75, 3.05) is 18.0 Å². The summed E-state index contributed by atoms with van der Waals surface area (Å²) in [6, 6.07) is 17.8. The molecule has 0 amide bonds. The molecule has 37 heavy (non-hydrogen) atoms. The van der Waals surface area contributed by atoms with Crippen LogP contribution >= 0.6 is 0 Å². The molecule has 0 unspecified atom stereocenters. The van der Waals surface area contributed by atoms with Crippen molar-refractivity contribution in [2.45, 2.75) is 65.4 Å². The highest BCUT2D eigenvalue weighted by atomic mass is 16.5. The van der Waals surface area contributed by atoms with Crippen LogP contribution in [0.25, 0.3) is 10.8 Å². The number of aromatic amines is 1. The summed E-state index contributed by atoms with van der Waals surface area (Å²) in [5.74, 6) is 1.67. The number of nitrogens with zero attached hydrogens (tertiary/aromatic N) is 5. The van der Waals surface area contributed by atoms with Crippen LogP contribution in [-0.4, -0.2) is 33.0 Å².